The maximum Gasteiger partial charge on any atom is 0.335 e. The van der Waals surface area contributed by atoms with Crippen molar-refractivity contribution >= 4 is 52.8 Å². The van der Waals surface area contributed by atoms with Gasteiger partial charge < -0.3 is 4.74 Å². The lowest BCUT2D eigenvalue weighted by atomic mass is 9.48. The van der Waals surface area contributed by atoms with E-state index in [1.165, 1.54) is 57.3 Å². The van der Waals surface area contributed by atoms with Gasteiger partial charge in [0.15, 0.2) is 5.75 Å². The molecule has 1 N–H and O–H groups in total. The lowest BCUT2D eigenvalue weighted by Gasteiger charge is -2.57. The molecule has 1 heterocycles. The molecule has 186 valence electrons. The van der Waals surface area contributed by atoms with Crippen molar-refractivity contribution in [2.45, 2.75) is 43.9 Å². The summed E-state index contributed by atoms with van der Waals surface area (Å²) in [7, 11) is 1.45. The van der Waals surface area contributed by atoms with Gasteiger partial charge in [0.2, 0.25) is 0 Å². The normalized spacial score (nSPS) is 30.2. The third kappa shape index (κ3) is 3.82. The molecule has 0 spiro atoms. The van der Waals surface area contributed by atoms with Crippen LogP contribution >= 0.6 is 23.2 Å². The largest absolute Gasteiger partial charge is 0.494 e. The van der Waals surface area contributed by atoms with Gasteiger partial charge in [-0.25, -0.2) is 9.69 Å². The number of ether oxygens (including phenoxy) is 1. The minimum atomic E-state index is -0.769. The second kappa shape index (κ2) is 8.63. The van der Waals surface area contributed by atoms with Crippen molar-refractivity contribution < 1.29 is 19.1 Å². The van der Waals surface area contributed by atoms with Crippen molar-refractivity contribution in [1.82, 2.24) is 5.32 Å². The smallest absolute Gasteiger partial charge is 0.335 e. The Hall–Kier alpha value is -2.83. The van der Waals surface area contributed by atoms with E-state index in [4.69, 9.17) is 27.9 Å². The number of anilines is 1. The third-order valence-electron chi connectivity index (χ3n) is 8.41. The van der Waals surface area contributed by atoms with Gasteiger partial charge in [0.1, 0.15) is 5.57 Å². The number of imide groups is 2. The summed E-state index contributed by atoms with van der Waals surface area (Å²) >= 11 is 12.4. The van der Waals surface area contributed by atoms with Crippen molar-refractivity contribution in [1.29, 1.82) is 0 Å². The summed E-state index contributed by atoms with van der Waals surface area (Å²) in [6, 6.07) is 10.1. The lowest BCUT2D eigenvalue weighted by molar-refractivity contribution is -0.122. The highest BCUT2D eigenvalue weighted by Crippen LogP contribution is 2.60. The zero-order chi connectivity index (χ0) is 25.2. The fourth-order valence-corrected chi connectivity index (χ4v) is 8.00. The van der Waals surface area contributed by atoms with Crippen LogP contribution in [0.3, 0.4) is 0 Å². The van der Waals surface area contributed by atoms with Crippen LogP contribution < -0.4 is 15.0 Å². The van der Waals surface area contributed by atoms with Crippen LogP contribution in [0.5, 0.6) is 5.75 Å². The molecule has 0 unspecified atom stereocenters. The molecule has 5 aliphatic rings. The molecule has 1 saturated heterocycles. The number of amides is 4. The molecule has 4 aliphatic carbocycles. The second-order valence-corrected chi connectivity index (χ2v) is 11.5. The van der Waals surface area contributed by atoms with Crippen molar-refractivity contribution in [3.05, 3.63) is 63.1 Å². The third-order valence-corrected chi connectivity index (χ3v) is 8.98. The number of barbiturate groups is 1. The van der Waals surface area contributed by atoms with Gasteiger partial charge in [0.05, 0.1) is 22.8 Å². The molecule has 36 heavy (non-hydrogen) atoms. The molecule has 0 aromatic heterocycles. The van der Waals surface area contributed by atoms with Gasteiger partial charge in [-0.2, -0.15) is 0 Å². The van der Waals surface area contributed by atoms with Crippen LogP contribution in [0, 0.1) is 17.8 Å². The molecule has 0 atom stereocenters. The number of carbonyl (C=O) groups excluding carboxylic acids is 3. The maximum absolute atomic E-state index is 13.3. The molecule has 5 fully saturated rings. The molecule has 6 nitrogen and oxygen atoms in total. The highest BCUT2D eigenvalue weighted by Gasteiger charge is 2.51. The molecule has 2 aromatic carbocycles. The molecular formula is C28H26Cl2N2O4. The van der Waals surface area contributed by atoms with Crippen molar-refractivity contribution in [2.75, 3.05) is 12.0 Å². The van der Waals surface area contributed by atoms with E-state index >= 15 is 0 Å². The molecule has 2 aromatic rings. The minimum absolute atomic E-state index is 0.183. The lowest BCUT2D eigenvalue weighted by Crippen LogP contribution is -2.54. The van der Waals surface area contributed by atoms with Crippen molar-refractivity contribution in [3.8, 4) is 5.75 Å². The van der Waals surface area contributed by atoms with E-state index in [9.17, 15) is 14.4 Å². The predicted octanol–water partition coefficient (Wildman–Crippen LogP) is 6.14. The summed E-state index contributed by atoms with van der Waals surface area (Å²) in [5.41, 5.74) is 2.20. The summed E-state index contributed by atoms with van der Waals surface area (Å²) in [4.78, 5) is 39.6. The highest BCUT2D eigenvalue weighted by molar-refractivity contribution is 6.40. The molecular weight excluding hydrogens is 499 g/mol. The van der Waals surface area contributed by atoms with E-state index < -0.39 is 17.8 Å². The number of carbonyl (C=O) groups is 3. The van der Waals surface area contributed by atoms with Crippen molar-refractivity contribution in [2.24, 2.45) is 17.8 Å². The number of halogens is 2. The zero-order valence-corrected chi connectivity index (χ0v) is 21.4. The van der Waals surface area contributed by atoms with Crippen LogP contribution in [-0.4, -0.2) is 25.0 Å². The molecule has 4 amide bonds. The average Bonchev–Trinajstić information content (AvgIpc) is 2.81. The van der Waals surface area contributed by atoms with Crippen LogP contribution in [0.1, 0.15) is 49.7 Å². The Bertz CT molecular complexity index is 1260. The number of hydrogen-bond donors (Lipinski definition) is 1. The summed E-state index contributed by atoms with van der Waals surface area (Å²) in [5, 5.41) is 2.76. The van der Waals surface area contributed by atoms with Gasteiger partial charge in [0.25, 0.3) is 11.8 Å². The zero-order valence-electron chi connectivity index (χ0n) is 19.9. The van der Waals surface area contributed by atoms with E-state index in [1.807, 2.05) is 12.1 Å². The van der Waals surface area contributed by atoms with Gasteiger partial charge in [0, 0.05) is 0 Å². The van der Waals surface area contributed by atoms with Crippen molar-refractivity contribution in [3.63, 3.8) is 0 Å². The van der Waals surface area contributed by atoms with Crippen LogP contribution in [-0.2, 0) is 15.0 Å². The Labute approximate surface area is 219 Å². The fourth-order valence-electron chi connectivity index (χ4n) is 7.34. The topological polar surface area (TPSA) is 75.7 Å². The van der Waals surface area contributed by atoms with Crippen LogP contribution in [0.25, 0.3) is 6.08 Å². The van der Waals surface area contributed by atoms with Crippen LogP contribution in [0.4, 0.5) is 10.5 Å². The van der Waals surface area contributed by atoms with E-state index in [1.54, 1.807) is 12.1 Å². The molecule has 4 bridgehead atoms. The Morgan fingerprint density at radius 1 is 0.944 bits per heavy atom. The minimum Gasteiger partial charge on any atom is -0.494 e. The molecule has 7 rings (SSSR count). The summed E-state index contributed by atoms with van der Waals surface area (Å²) < 4.78 is 5.15. The van der Waals surface area contributed by atoms with E-state index in [-0.39, 0.29) is 21.0 Å². The summed E-state index contributed by atoms with van der Waals surface area (Å²) in [5.74, 6) is 1.30. The fraction of sp³-hybridized carbons (Fsp3) is 0.393. The number of nitrogens with one attached hydrogen (secondary N) is 1. The van der Waals surface area contributed by atoms with E-state index in [2.05, 4.69) is 17.4 Å². The van der Waals surface area contributed by atoms with Gasteiger partial charge in [-0.1, -0.05) is 35.3 Å². The molecule has 8 heteroatoms. The van der Waals surface area contributed by atoms with Crippen LogP contribution in [0.15, 0.2) is 42.0 Å². The Morgan fingerprint density at radius 2 is 1.50 bits per heavy atom. The SMILES string of the molecule is COc1c(Cl)cc(/C=C2\C(=O)NC(=O)N(c3ccc(C45CC6CC(CC(C6)C4)C5)cc3)C2=O)cc1Cl. The number of hydrogen-bond acceptors (Lipinski definition) is 4. The first-order valence-corrected chi connectivity index (χ1v) is 13.1. The standard InChI is InChI=1S/C28H26Cl2N2O4/c1-36-24-22(29)10-15(11-23(24)30)9-21-25(33)31-27(35)32(26(21)34)20-4-2-19(3-5-20)28-12-16-6-17(13-28)8-18(7-16)14-28/h2-5,9-11,16-18H,6-8,12-14H2,1H3,(H,31,33,35)/b21-9+. The van der Waals surface area contributed by atoms with E-state index in [0.29, 0.717) is 17.0 Å². The first kappa shape index (κ1) is 23.6. The summed E-state index contributed by atoms with van der Waals surface area (Å²) in [6.45, 7) is 0. The van der Waals surface area contributed by atoms with Gasteiger partial charge >= 0.3 is 6.03 Å². The second-order valence-electron chi connectivity index (χ2n) is 10.7. The first-order valence-electron chi connectivity index (χ1n) is 12.3. The number of nitrogens with zero attached hydrogens (tertiary/aromatic N) is 1. The van der Waals surface area contributed by atoms with E-state index in [0.717, 1.165) is 22.7 Å². The highest BCUT2D eigenvalue weighted by atomic mass is 35.5. The maximum atomic E-state index is 13.3. The Morgan fingerprint density at radius 3 is 2.03 bits per heavy atom. The van der Waals surface area contributed by atoms with Gasteiger partial charge in [-0.3, -0.25) is 14.9 Å². The number of benzene rings is 2. The Balaban J connectivity index is 1.29. The molecule has 1 aliphatic heterocycles. The predicted molar refractivity (Wildman–Crippen MR) is 138 cm³/mol. The number of methoxy groups -OCH3 is 1. The molecule has 4 saturated carbocycles. The van der Waals surface area contributed by atoms with Gasteiger partial charge in [-0.15, -0.1) is 0 Å². The number of urea groups is 1. The average molecular weight is 525 g/mol. The van der Waals surface area contributed by atoms with Gasteiger partial charge in [-0.05, 0) is 103 Å². The first-order chi connectivity index (χ1) is 17.3. The monoisotopic (exact) mass is 524 g/mol. The Kier molecular flexibility index (Phi) is 5.65. The number of rotatable bonds is 4. The molecule has 0 radical (unpaired) electrons. The quantitative estimate of drug-likeness (QED) is 0.385. The van der Waals surface area contributed by atoms with Crippen LogP contribution in [0.2, 0.25) is 10.0 Å². The summed E-state index contributed by atoms with van der Waals surface area (Å²) in [6.07, 6.45) is 9.17.